The van der Waals surface area contributed by atoms with E-state index in [1.165, 1.54) is 116 Å². The lowest BCUT2D eigenvalue weighted by atomic mass is 9.66. The molecule has 0 aromatic heterocycles. The highest BCUT2D eigenvalue weighted by atomic mass is 16.2. The molecule has 4 heteroatoms. The van der Waals surface area contributed by atoms with Crippen LogP contribution in [0.3, 0.4) is 0 Å². The van der Waals surface area contributed by atoms with Crippen LogP contribution in [-0.2, 0) is 9.59 Å². The van der Waals surface area contributed by atoms with Gasteiger partial charge in [0.15, 0.2) is 23.1 Å². The van der Waals surface area contributed by atoms with Gasteiger partial charge in [0.1, 0.15) is 0 Å². The number of unbranched alkanes of at least 4 members (excludes halogenated alkanes) is 24. The maximum absolute atomic E-state index is 14.4. The number of Topliss-reactive ketones (excluding diaryl/α,β-unsaturated/α-hetero) is 4. The second-order valence-corrected chi connectivity index (χ2v) is 15.0. The molecule has 51 heavy (non-hydrogen) atoms. The van der Waals surface area contributed by atoms with E-state index in [-0.39, 0.29) is 24.0 Å². The molecule has 0 saturated carbocycles. The molecule has 0 atom stereocenters. The maximum Gasteiger partial charge on any atom is 0.212 e. The summed E-state index contributed by atoms with van der Waals surface area (Å²) < 4.78 is 0. The molecule has 2 aromatic carbocycles. The fourth-order valence-corrected chi connectivity index (χ4v) is 7.36. The van der Waals surface area contributed by atoms with Crippen molar-refractivity contribution in [2.24, 2.45) is 5.41 Å². The minimum absolute atomic E-state index is 0.0548. The standard InChI is InChI=1S/C47H72O4/c1-3-5-7-9-11-13-15-17-19-21-23-25-33-39-43(48)47(45(50)41-35-29-27-30-36-41,46(51)42-37-31-28-32-38-42)44(49)40-34-26-24-22-20-18-16-14-12-10-8-6-4-2/h27-32,35-38H,3-26,33-34,39-40H2,1-2H3. The Bertz CT molecular complexity index is 1110. The minimum atomic E-state index is -2.34. The van der Waals surface area contributed by atoms with Crippen molar-refractivity contribution >= 4 is 23.1 Å². The Hall–Kier alpha value is -2.88. The third-order valence-corrected chi connectivity index (χ3v) is 10.6. The van der Waals surface area contributed by atoms with Crippen LogP contribution >= 0.6 is 0 Å². The molecule has 0 radical (unpaired) electrons. The summed E-state index contributed by atoms with van der Waals surface area (Å²) in [4.78, 5) is 57.4. The summed E-state index contributed by atoms with van der Waals surface area (Å²) in [5, 5.41) is 0. The van der Waals surface area contributed by atoms with Crippen molar-refractivity contribution < 1.29 is 19.2 Å². The van der Waals surface area contributed by atoms with E-state index in [9.17, 15) is 19.2 Å². The van der Waals surface area contributed by atoms with E-state index in [2.05, 4.69) is 13.8 Å². The number of hydrogen-bond donors (Lipinski definition) is 0. The molecule has 0 amide bonds. The Balaban J connectivity index is 1.99. The zero-order valence-corrected chi connectivity index (χ0v) is 32.7. The van der Waals surface area contributed by atoms with E-state index >= 15 is 0 Å². The second-order valence-electron chi connectivity index (χ2n) is 15.0. The van der Waals surface area contributed by atoms with E-state index in [0.29, 0.717) is 12.8 Å². The average Bonchev–Trinajstić information content (AvgIpc) is 3.16. The molecule has 0 aliphatic rings. The van der Waals surface area contributed by atoms with Gasteiger partial charge >= 0.3 is 0 Å². The Morgan fingerprint density at radius 2 is 0.588 bits per heavy atom. The van der Waals surface area contributed by atoms with Crippen molar-refractivity contribution in [3.8, 4) is 0 Å². The van der Waals surface area contributed by atoms with Crippen LogP contribution in [0.1, 0.15) is 214 Å². The quantitative estimate of drug-likeness (QED) is 0.0414. The van der Waals surface area contributed by atoms with Gasteiger partial charge in [-0.3, -0.25) is 19.2 Å². The van der Waals surface area contributed by atoms with Gasteiger partial charge < -0.3 is 0 Å². The van der Waals surface area contributed by atoms with Gasteiger partial charge in [0.25, 0.3) is 0 Å². The second kappa shape index (κ2) is 28.7. The summed E-state index contributed by atoms with van der Waals surface area (Å²) in [5.74, 6) is -2.41. The lowest BCUT2D eigenvalue weighted by Gasteiger charge is -2.29. The first-order valence-corrected chi connectivity index (χ1v) is 21.3. The lowest BCUT2D eigenvalue weighted by molar-refractivity contribution is -0.135. The van der Waals surface area contributed by atoms with Gasteiger partial charge in [0.2, 0.25) is 5.41 Å². The third kappa shape index (κ3) is 17.0. The zero-order chi connectivity index (χ0) is 36.8. The molecule has 0 aliphatic carbocycles. The predicted molar refractivity (Wildman–Crippen MR) is 215 cm³/mol. The molecule has 284 valence electrons. The highest BCUT2D eigenvalue weighted by Gasteiger charge is 2.57. The van der Waals surface area contributed by atoms with Crippen LogP contribution in [0.5, 0.6) is 0 Å². The molecule has 0 N–H and O–H groups in total. The molecule has 0 bridgehead atoms. The Labute approximate surface area is 312 Å². The summed E-state index contributed by atoms with van der Waals surface area (Å²) >= 11 is 0. The van der Waals surface area contributed by atoms with E-state index in [0.717, 1.165) is 38.5 Å². The fourth-order valence-electron chi connectivity index (χ4n) is 7.36. The molecule has 0 unspecified atom stereocenters. The van der Waals surface area contributed by atoms with Crippen LogP contribution in [0, 0.1) is 5.41 Å². The van der Waals surface area contributed by atoms with Crippen LogP contribution in [0.4, 0.5) is 0 Å². The third-order valence-electron chi connectivity index (χ3n) is 10.6. The Morgan fingerprint density at radius 1 is 0.353 bits per heavy atom. The van der Waals surface area contributed by atoms with Gasteiger partial charge in [-0.05, 0) is 12.8 Å². The largest absolute Gasteiger partial charge is 0.298 e. The number of hydrogen-bond acceptors (Lipinski definition) is 4. The monoisotopic (exact) mass is 701 g/mol. The molecular formula is C47H72O4. The van der Waals surface area contributed by atoms with Crippen molar-refractivity contribution in [2.45, 2.75) is 194 Å². The number of carbonyl (C=O) groups is 4. The summed E-state index contributed by atoms with van der Waals surface area (Å²) in [6, 6.07) is 16.9. The summed E-state index contributed by atoms with van der Waals surface area (Å²) in [6.45, 7) is 4.50. The molecule has 0 saturated heterocycles. The van der Waals surface area contributed by atoms with E-state index in [4.69, 9.17) is 0 Å². The first-order chi connectivity index (χ1) is 25.0. The molecular weight excluding hydrogens is 629 g/mol. The Morgan fingerprint density at radius 3 is 0.843 bits per heavy atom. The van der Waals surface area contributed by atoms with Crippen LogP contribution in [0.25, 0.3) is 0 Å². The maximum atomic E-state index is 14.4. The molecule has 2 aromatic rings. The smallest absolute Gasteiger partial charge is 0.212 e. The summed E-state index contributed by atoms with van der Waals surface area (Å²) in [5.41, 5.74) is -1.87. The van der Waals surface area contributed by atoms with Crippen LogP contribution in [0.15, 0.2) is 60.7 Å². The van der Waals surface area contributed by atoms with Crippen LogP contribution < -0.4 is 0 Å². The van der Waals surface area contributed by atoms with Crippen LogP contribution in [0.2, 0.25) is 0 Å². The van der Waals surface area contributed by atoms with Crippen LogP contribution in [-0.4, -0.2) is 23.1 Å². The van der Waals surface area contributed by atoms with Crippen molar-refractivity contribution in [2.75, 3.05) is 0 Å². The van der Waals surface area contributed by atoms with Gasteiger partial charge in [-0.1, -0.05) is 229 Å². The van der Waals surface area contributed by atoms with E-state index < -0.39 is 28.5 Å². The van der Waals surface area contributed by atoms with Crippen molar-refractivity contribution in [1.82, 2.24) is 0 Å². The molecule has 0 aliphatic heterocycles. The molecule has 0 spiro atoms. The molecule has 0 fully saturated rings. The lowest BCUT2D eigenvalue weighted by Crippen LogP contribution is -2.52. The first-order valence-electron chi connectivity index (χ1n) is 21.3. The molecule has 4 nitrogen and oxygen atoms in total. The van der Waals surface area contributed by atoms with Gasteiger partial charge in [-0.15, -0.1) is 0 Å². The summed E-state index contributed by atoms with van der Waals surface area (Å²) in [7, 11) is 0. The number of benzene rings is 2. The average molecular weight is 701 g/mol. The SMILES string of the molecule is CCCCCCCCCCCCCCCC(=O)C(C(=O)CCCCCCCCCCCCCCC)(C(=O)c1ccccc1)C(=O)c1ccccc1. The molecule has 0 heterocycles. The fraction of sp³-hybridized carbons (Fsp3) is 0.660. The minimum Gasteiger partial charge on any atom is -0.298 e. The van der Waals surface area contributed by atoms with Crippen molar-refractivity contribution in [1.29, 1.82) is 0 Å². The van der Waals surface area contributed by atoms with Crippen molar-refractivity contribution in [3.05, 3.63) is 71.8 Å². The van der Waals surface area contributed by atoms with E-state index in [1.54, 1.807) is 60.7 Å². The van der Waals surface area contributed by atoms with Crippen molar-refractivity contribution in [3.63, 3.8) is 0 Å². The Kier molecular flexibility index (Phi) is 24.9. The molecule has 2 rings (SSSR count). The van der Waals surface area contributed by atoms with Gasteiger partial charge in [0.05, 0.1) is 0 Å². The van der Waals surface area contributed by atoms with Gasteiger partial charge in [0, 0.05) is 24.0 Å². The van der Waals surface area contributed by atoms with Gasteiger partial charge in [-0.25, -0.2) is 0 Å². The highest BCUT2D eigenvalue weighted by molar-refractivity contribution is 6.44. The van der Waals surface area contributed by atoms with Gasteiger partial charge in [-0.2, -0.15) is 0 Å². The highest BCUT2D eigenvalue weighted by Crippen LogP contribution is 2.35. The topological polar surface area (TPSA) is 68.3 Å². The number of rotatable bonds is 34. The normalized spacial score (nSPS) is 11.5. The number of carbonyl (C=O) groups excluding carboxylic acids is 4. The zero-order valence-electron chi connectivity index (χ0n) is 32.7. The first kappa shape index (κ1) is 44.3. The number of ketones is 4. The van der Waals surface area contributed by atoms with E-state index in [1.807, 2.05) is 0 Å². The predicted octanol–water partition coefficient (Wildman–Crippen LogP) is 13.8. The summed E-state index contributed by atoms with van der Waals surface area (Å²) in [6.07, 6.45) is 30.7.